The second-order valence-corrected chi connectivity index (χ2v) is 4.46. The van der Waals surface area contributed by atoms with Gasteiger partial charge < -0.3 is 10.6 Å². The van der Waals surface area contributed by atoms with Gasteiger partial charge in [-0.05, 0) is 32.1 Å². The first-order valence-corrected chi connectivity index (χ1v) is 6.40. The van der Waals surface area contributed by atoms with Crippen LogP contribution in [0.2, 0.25) is 0 Å². The number of carbonyl (C=O) groups excluding carboxylic acids is 1. The van der Waals surface area contributed by atoms with Crippen LogP contribution in [0.25, 0.3) is 0 Å². The van der Waals surface area contributed by atoms with Gasteiger partial charge in [-0.3, -0.25) is 4.79 Å². The van der Waals surface area contributed by atoms with Crippen LogP contribution in [0.5, 0.6) is 0 Å². The second-order valence-electron chi connectivity index (χ2n) is 3.41. The smallest absolute Gasteiger partial charge is 0.230 e. The number of hydrogen-bond acceptors (Lipinski definition) is 3. The Labute approximate surface area is 101 Å². The lowest BCUT2D eigenvalue weighted by Gasteiger charge is -2.04. The molecule has 0 saturated carbocycles. The zero-order valence-electron chi connectivity index (χ0n) is 9.53. The monoisotopic (exact) mass is 238 g/mol. The van der Waals surface area contributed by atoms with Gasteiger partial charge in [-0.25, -0.2) is 0 Å². The zero-order valence-corrected chi connectivity index (χ0v) is 10.3. The van der Waals surface area contributed by atoms with E-state index >= 15 is 0 Å². The highest BCUT2D eigenvalue weighted by Gasteiger charge is 2.01. The van der Waals surface area contributed by atoms with Crippen molar-refractivity contribution in [3.63, 3.8) is 0 Å². The maximum atomic E-state index is 11.4. The van der Waals surface area contributed by atoms with Crippen LogP contribution in [-0.4, -0.2) is 31.8 Å². The Kier molecular flexibility index (Phi) is 6.69. The lowest BCUT2D eigenvalue weighted by Crippen LogP contribution is -2.27. The summed E-state index contributed by atoms with van der Waals surface area (Å²) in [6.07, 6.45) is 0.970. The van der Waals surface area contributed by atoms with Crippen molar-refractivity contribution in [2.75, 3.05) is 25.9 Å². The van der Waals surface area contributed by atoms with E-state index in [1.54, 1.807) is 11.8 Å². The molecule has 0 atom stereocenters. The molecule has 2 N–H and O–H groups in total. The van der Waals surface area contributed by atoms with Gasteiger partial charge in [0.25, 0.3) is 0 Å². The summed E-state index contributed by atoms with van der Waals surface area (Å²) in [5, 5.41) is 5.93. The number of rotatable bonds is 7. The maximum Gasteiger partial charge on any atom is 0.230 e. The predicted molar refractivity (Wildman–Crippen MR) is 68.7 cm³/mol. The number of carbonyl (C=O) groups is 1. The Bertz CT molecular complexity index is 303. The Hall–Kier alpha value is -1.00. The second kappa shape index (κ2) is 8.19. The van der Waals surface area contributed by atoms with Crippen molar-refractivity contribution in [2.24, 2.45) is 0 Å². The number of thioether (sulfide) groups is 1. The Morgan fingerprint density at radius 1 is 1.25 bits per heavy atom. The molecule has 0 aliphatic rings. The number of nitrogens with one attached hydrogen (secondary N) is 2. The van der Waals surface area contributed by atoms with E-state index in [0.717, 1.165) is 24.4 Å². The Morgan fingerprint density at radius 3 is 2.69 bits per heavy atom. The van der Waals surface area contributed by atoms with E-state index < -0.39 is 0 Å². The van der Waals surface area contributed by atoms with E-state index in [2.05, 4.69) is 10.6 Å². The van der Waals surface area contributed by atoms with Gasteiger partial charge in [0, 0.05) is 11.4 Å². The molecule has 0 aliphatic heterocycles. The molecule has 0 radical (unpaired) electrons. The fourth-order valence-electron chi connectivity index (χ4n) is 1.21. The average molecular weight is 238 g/mol. The highest BCUT2D eigenvalue weighted by atomic mass is 32.2. The molecule has 3 nitrogen and oxygen atoms in total. The van der Waals surface area contributed by atoms with E-state index in [1.807, 2.05) is 37.4 Å². The van der Waals surface area contributed by atoms with Gasteiger partial charge in [0.2, 0.25) is 5.91 Å². The van der Waals surface area contributed by atoms with Crippen LogP contribution in [0.1, 0.15) is 6.42 Å². The van der Waals surface area contributed by atoms with Crippen molar-refractivity contribution in [2.45, 2.75) is 11.3 Å². The number of hydrogen-bond donors (Lipinski definition) is 2. The molecule has 0 unspecified atom stereocenters. The first-order chi connectivity index (χ1) is 7.83. The number of benzene rings is 1. The van der Waals surface area contributed by atoms with Crippen LogP contribution < -0.4 is 10.6 Å². The van der Waals surface area contributed by atoms with Crippen LogP contribution in [-0.2, 0) is 4.79 Å². The van der Waals surface area contributed by atoms with Crippen molar-refractivity contribution < 1.29 is 4.79 Å². The Balaban J connectivity index is 2.11. The third-order valence-corrected chi connectivity index (χ3v) is 3.05. The highest BCUT2D eigenvalue weighted by Crippen LogP contribution is 2.15. The third kappa shape index (κ3) is 5.78. The fraction of sp³-hybridized carbons (Fsp3) is 0.417. The molecule has 0 bridgehead atoms. The SMILES string of the molecule is CNCCCNC(=O)CSc1ccccc1. The average Bonchev–Trinajstić information content (AvgIpc) is 2.33. The van der Waals surface area contributed by atoms with Gasteiger partial charge in [0.1, 0.15) is 0 Å². The van der Waals surface area contributed by atoms with E-state index in [4.69, 9.17) is 0 Å². The quantitative estimate of drug-likeness (QED) is 0.559. The van der Waals surface area contributed by atoms with Crippen molar-refractivity contribution in [3.05, 3.63) is 30.3 Å². The normalized spacial score (nSPS) is 10.1. The first kappa shape index (κ1) is 13.1. The van der Waals surface area contributed by atoms with Gasteiger partial charge in [-0.2, -0.15) is 0 Å². The van der Waals surface area contributed by atoms with Crippen LogP contribution >= 0.6 is 11.8 Å². The summed E-state index contributed by atoms with van der Waals surface area (Å²) in [7, 11) is 1.91. The summed E-state index contributed by atoms with van der Waals surface area (Å²) in [5.41, 5.74) is 0. The summed E-state index contributed by atoms with van der Waals surface area (Å²) in [6, 6.07) is 9.96. The fourth-order valence-corrected chi connectivity index (χ4v) is 1.96. The predicted octanol–water partition coefficient (Wildman–Crippen LogP) is 1.50. The van der Waals surface area contributed by atoms with Gasteiger partial charge in [0.15, 0.2) is 0 Å². The van der Waals surface area contributed by atoms with E-state index in [-0.39, 0.29) is 5.91 Å². The largest absolute Gasteiger partial charge is 0.355 e. The standard InChI is InChI=1S/C12H18N2OS/c1-13-8-5-9-14-12(15)10-16-11-6-3-2-4-7-11/h2-4,6-7,13H,5,8-10H2,1H3,(H,14,15). The van der Waals surface area contributed by atoms with Crippen LogP contribution in [0, 0.1) is 0 Å². The molecule has 0 aromatic heterocycles. The lowest BCUT2D eigenvalue weighted by atomic mass is 10.4. The number of amides is 1. The molecule has 0 aliphatic carbocycles. The molecule has 16 heavy (non-hydrogen) atoms. The molecule has 1 amide bonds. The minimum absolute atomic E-state index is 0.102. The summed E-state index contributed by atoms with van der Waals surface area (Å²) in [5.74, 6) is 0.591. The van der Waals surface area contributed by atoms with Crippen LogP contribution in [0.15, 0.2) is 35.2 Å². The molecule has 1 rings (SSSR count). The maximum absolute atomic E-state index is 11.4. The molecule has 1 aromatic rings. The van der Waals surface area contributed by atoms with E-state index in [0.29, 0.717) is 5.75 Å². The van der Waals surface area contributed by atoms with E-state index in [1.165, 1.54) is 0 Å². The summed E-state index contributed by atoms with van der Waals surface area (Å²) in [4.78, 5) is 12.6. The highest BCUT2D eigenvalue weighted by molar-refractivity contribution is 8.00. The molecule has 0 saturated heterocycles. The van der Waals surface area contributed by atoms with Crippen LogP contribution in [0.4, 0.5) is 0 Å². The molecular formula is C12H18N2OS. The van der Waals surface area contributed by atoms with Gasteiger partial charge in [-0.15, -0.1) is 11.8 Å². The molecule has 88 valence electrons. The minimum atomic E-state index is 0.102. The molecular weight excluding hydrogens is 220 g/mol. The van der Waals surface area contributed by atoms with Crippen molar-refractivity contribution >= 4 is 17.7 Å². The van der Waals surface area contributed by atoms with Crippen molar-refractivity contribution in [3.8, 4) is 0 Å². The third-order valence-electron chi connectivity index (χ3n) is 2.04. The summed E-state index contributed by atoms with van der Waals surface area (Å²) < 4.78 is 0. The molecule has 0 spiro atoms. The molecule has 0 fully saturated rings. The Morgan fingerprint density at radius 2 is 2.00 bits per heavy atom. The van der Waals surface area contributed by atoms with Gasteiger partial charge >= 0.3 is 0 Å². The molecule has 1 aromatic carbocycles. The summed E-state index contributed by atoms with van der Waals surface area (Å²) in [6.45, 7) is 1.68. The summed E-state index contributed by atoms with van der Waals surface area (Å²) >= 11 is 1.56. The molecule has 4 heteroatoms. The minimum Gasteiger partial charge on any atom is -0.355 e. The topological polar surface area (TPSA) is 41.1 Å². The van der Waals surface area contributed by atoms with Crippen molar-refractivity contribution in [1.82, 2.24) is 10.6 Å². The van der Waals surface area contributed by atoms with Crippen LogP contribution in [0.3, 0.4) is 0 Å². The lowest BCUT2D eigenvalue weighted by molar-refractivity contribution is -0.118. The van der Waals surface area contributed by atoms with E-state index in [9.17, 15) is 4.79 Å². The first-order valence-electron chi connectivity index (χ1n) is 5.42. The van der Waals surface area contributed by atoms with Gasteiger partial charge in [0.05, 0.1) is 5.75 Å². The molecule has 0 heterocycles. The van der Waals surface area contributed by atoms with Crippen molar-refractivity contribution in [1.29, 1.82) is 0 Å². The van der Waals surface area contributed by atoms with Gasteiger partial charge in [-0.1, -0.05) is 18.2 Å². The zero-order chi connectivity index (χ0) is 11.6.